The first-order valence-electron chi connectivity index (χ1n) is 8.38. The van der Waals surface area contributed by atoms with Gasteiger partial charge in [-0.3, -0.25) is 9.59 Å². The van der Waals surface area contributed by atoms with Gasteiger partial charge in [-0.25, -0.2) is 9.97 Å². The summed E-state index contributed by atoms with van der Waals surface area (Å²) in [6.45, 7) is 6.71. The first-order chi connectivity index (χ1) is 12.4. The molecule has 7 heteroatoms. The smallest absolute Gasteiger partial charge is 0.254 e. The van der Waals surface area contributed by atoms with Crippen molar-refractivity contribution in [3.8, 4) is 0 Å². The van der Waals surface area contributed by atoms with Crippen LogP contribution in [0.25, 0.3) is 23.2 Å². The van der Waals surface area contributed by atoms with E-state index >= 15 is 0 Å². The molecule has 6 nitrogen and oxygen atoms in total. The number of rotatable bonds is 5. The van der Waals surface area contributed by atoms with E-state index in [1.165, 1.54) is 6.20 Å². The maximum Gasteiger partial charge on any atom is 0.254 e. The summed E-state index contributed by atoms with van der Waals surface area (Å²) in [5.74, 6) is -0.335. The van der Waals surface area contributed by atoms with Crippen LogP contribution in [0.4, 0.5) is 0 Å². The van der Waals surface area contributed by atoms with Gasteiger partial charge in [0.25, 0.3) is 5.91 Å². The van der Waals surface area contributed by atoms with Crippen molar-refractivity contribution < 1.29 is 4.79 Å². The number of pyridine rings is 2. The lowest BCUT2D eigenvalue weighted by Gasteiger charge is -2.09. The largest absolute Gasteiger partial charge is 0.365 e. The number of hydrogen-bond acceptors (Lipinski definition) is 5. The SMILES string of the molecule is CCn1cc(C(N)=O)c(=O)c2ccc(C=Cc3nc(C(C)C)cs3)nc21. The molecular weight excluding hydrogens is 348 g/mol. The second-order valence-corrected chi connectivity index (χ2v) is 7.12. The number of amides is 1. The zero-order valence-corrected chi connectivity index (χ0v) is 15.7. The normalized spacial score (nSPS) is 11.7. The first kappa shape index (κ1) is 18.0. The minimum Gasteiger partial charge on any atom is -0.365 e. The van der Waals surface area contributed by atoms with E-state index < -0.39 is 5.91 Å². The topological polar surface area (TPSA) is 90.9 Å². The molecule has 0 aliphatic carbocycles. The molecule has 0 bridgehead atoms. The van der Waals surface area contributed by atoms with Crippen LogP contribution in [-0.4, -0.2) is 20.4 Å². The Morgan fingerprint density at radius 1 is 1.31 bits per heavy atom. The number of nitrogens with two attached hydrogens (primary N) is 1. The average Bonchev–Trinajstić information content (AvgIpc) is 3.09. The van der Waals surface area contributed by atoms with E-state index in [1.54, 1.807) is 28.0 Å². The molecule has 3 aromatic heterocycles. The van der Waals surface area contributed by atoms with E-state index in [0.717, 1.165) is 10.7 Å². The fraction of sp³-hybridized carbons (Fsp3) is 0.263. The highest BCUT2D eigenvalue weighted by atomic mass is 32.1. The van der Waals surface area contributed by atoms with Crippen molar-refractivity contribution in [2.75, 3.05) is 0 Å². The second kappa shape index (κ2) is 7.21. The van der Waals surface area contributed by atoms with Gasteiger partial charge in [-0.15, -0.1) is 11.3 Å². The molecule has 0 aliphatic heterocycles. The molecule has 26 heavy (non-hydrogen) atoms. The summed E-state index contributed by atoms with van der Waals surface area (Å²) >= 11 is 1.58. The fourth-order valence-electron chi connectivity index (χ4n) is 2.59. The summed E-state index contributed by atoms with van der Waals surface area (Å²) in [5.41, 5.74) is 7.22. The van der Waals surface area contributed by atoms with Crippen LogP contribution in [0.15, 0.2) is 28.5 Å². The number of primary amides is 1. The standard InChI is InChI=1S/C19H20N4O2S/c1-4-23-9-14(18(20)25)17(24)13-7-5-12(21-19(13)23)6-8-16-22-15(10-26-16)11(2)3/h5-11H,4H2,1-3H3,(H2,20,25). The number of aryl methyl sites for hydroxylation is 1. The Balaban J connectivity index is 2.03. The monoisotopic (exact) mass is 368 g/mol. The van der Waals surface area contributed by atoms with E-state index in [-0.39, 0.29) is 11.0 Å². The lowest BCUT2D eigenvalue weighted by Crippen LogP contribution is -2.24. The fourth-order valence-corrected chi connectivity index (χ4v) is 3.46. The molecule has 2 N–H and O–H groups in total. The third-order valence-electron chi connectivity index (χ3n) is 4.08. The molecule has 134 valence electrons. The van der Waals surface area contributed by atoms with Crippen molar-refractivity contribution in [3.63, 3.8) is 0 Å². The van der Waals surface area contributed by atoms with Crippen LogP contribution in [0.2, 0.25) is 0 Å². The maximum absolute atomic E-state index is 12.4. The molecule has 0 aromatic carbocycles. The van der Waals surface area contributed by atoms with E-state index in [2.05, 4.69) is 29.2 Å². The van der Waals surface area contributed by atoms with Gasteiger partial charge in [0.1, 0.15) is 16.2 Å². The molecule has 1 amide bonds. The predicted octanol–water partition coefficient (Wildman–Crippen LogP) is 3.27. The molecule has 3 rings (SSSR count). The Morgan fingerprint density at radius 2 is 2.08 bits per heavy atom. The lowest BCUT2D eigenvalue weighted by molar-refractivity contribution is 0.0999. The highest BCUT2D eigenvalue weighted by Gasteiger charge is 2.13. The van der Waals surface area contributed by atoms with Gasteiger partial charge in [-0.05, 0) is 37.1 Å². The van der Waals surface area contributed by atoms with Gasteiger partial charge >= 0.3 is 0 Å². The molecule has 3 aromatic rings. The molecule has 0 radical (unpaired) electrons. The second-order valence-electron chi connectivity index (χ2n) is 6.23. The van der Waals surface area contributed by atoms with Gasteiger partial charge < -0.3 is 10.3 Å². The van der Waals surface area contributed by atoms with E-state index in [0.29, 0.717) is 29.2 Å². The van der Waals surface area contributed by atoms with Crippen LogP contribution < -0.4 is 11.2 Å². The van der Waals surface area contributed by atoms with Crippen molar-refractivity contribution in [2.24, 2.45) is 5.73 Å². The molecule has 0 saturated heterocycles. The molecule has 0 atom stereocenters. The average molecular weight is 368 g/mol. The highest BCUT2D eigenvalue weighted by molar-refractivity contribution is 7.10. The Kier molecular flexibility index (Phi) is 4.99. The summed E-state index contributed by atoms with van der Waals surface area (Å²) in [4.78, 5) is 33.0. The van der Waals surface area contributed by atoms with Crippen LogP contribution >= 0.6 is 11.3 Å². The highest BCUT2D eigenvalue weighted by Crippen LogP contribution is 2.20. The number of aromatic nitrogens is 3. The zero-order valence-electron chi connectivity index (χ0n) is 14.9. The Morgan fingerprint density at radius 3 is 2.69 bits per heavy atom. The molecule has 0 spiro atoms. The van der Waals surface area contributed by atoms with Crippen molar-refractivity contribution in [1.82, 2.24) is 14.5 Å². The molecule has 0 unspecified atom stereocenters. The van der Waals surface area contributed by atoms with Crippen LogP contribution in [0, 0.1) is 0 Å². The summed E-state index contributed by atoms with van der Waals surface area (Å²) in [7, 11) is 0. The zero-order chi connectivity index (χ0) is 18.8. The van der Waals surface area contributed by atoms with Gasteiger partial charge in [-0.1, -0.05) is 13.8 Å². The van der Waals surface area contributed by atoms with E-state index in [4.69, 9.17) is 5.73 Å². The number of nitrogens with zero attached hydrogens (tertiary/aromatic N) is 3. The third-order valence-corrected chi connectivity index (χ3v) is 4.91. The van der Waals surface area contributed by atoms with Crippen molar-refractivity contribution in [1.29, 1.82) is 0 Å². The number of fused-ring (bicyclic) bond motifs is 1. The van der Waals surface area contributed by atoms with Crippen LogP contribution in [0.3, 0.4) is 0 Å². The number of thiazole rings is 1. The van der Waals surface area contributed by atoms with Gasteiger partial charge in [0.2, 0.25) is 5.43 Å². The van der Waals surface area contributed by atoms with Gasteiger partial charge in [0, 0.05) is 18.1 Å². The van der Waals surface area contributed by atoms with E-state index in [1.807, 2.05) is 19.1 Å². The Hall–Kier alpha value is -2.80. The molecule has 0 fully saturated rings. The van der Waals surface area contributed by atoms with Crippen LogP contribution in [0.5, 0.6) is 0 Å². The minimum absolute atomic E-state index is 0.0200. The molecule has 3 heterocycles. The minimum atomic E-state index is -0.729. The van der Waals surface area contributed by atoms with E-state index in [9.17, 15) is 9.59 Å². The summed E-state index contributed by atoms with van der Waals surface area (Å²) < 4.78 is 1.76. The van der Waals surface area contributed by atoms with Crippen LogP contribution in [-0.2, 0) is 6.54 Å². The van der Waals surface area contributed by atoms with Crippen molar-refractivity contribution in [3.05, 3.63) is 55.9 Å². The quantitative estimate of drug-likeness (QED) is 0.748. The third kappa shape index (κ3) is 3.43. The number of hydrogen-bond donors (Lipinski definition) is 1. The Labute approximate surface area is 155 Å². The predicted molar refractivity (Wildman–Crippen MR) is 105 cm³/mol. The number of carbonyl (C=O) groups excluding carboxylic acids is 1. The maximum atomic E-state index is 12.4. The van der Waals surface area contributed by atoms with Crippen LogP contribution in [0.1, 0.15) is 53.4 Å². The Bertz CT molecular complexity index is 1060. The summed E-state index contributed by atoms with van der Waals surface area (Å²) in [6, 6.07) is 3.44. The first-order valence-corrected chi connectivity index (χ1v) is 9.26. The molecule has 0 saturated carbocycles. The van der Waals surface area contributed by atoms with Crippen molar-refractivity contribution >= 4 is 40.4 Å². The number of carbonyl (C=O) groups is 1. The van der Waals surface area contributed by atoms with Gasteiger partial charge in [0.15, 0.2) is 0 Å². The molecular formula is C19H20N4O2S. The van der Waals surface area contributed by atoms with Gasteiger partial charge in [0.05, 0.1) is 16.8 Å². The molecule has 0 aliphatic rings. The lowest BCUT2D eigenvalue weighted by atomic mass is 10.1. The van der Waals surface area contributed by atoms with Crippen molar-refractivity contribution in [2.45, 2.75) is 33.2 Å². The van der Waals surface area contributed by atoms with Gasteiger partial charge in [-0.2, -0.15) is 0 Å². The summed E-state index contributed by atoms with van der Waals surface area (Å²) in [6.07, 6.45) is 5.26. The summed E-state index contributed by atoms with van der Waals surface area (Å²) in [5, 5.41) is 3.35.